The van der Waals surface area contributed by atoms with Gasteiger partial charge in [-0.1, -0.05) is 18.2 Å². The summed E-state index contributed by atoms with van der Waals surface area (Å²) in [6.07, 6.45) is 1.65. The quantitative estimate of drug-likeness (QED) is 0.740. The van der Waals surface area contributed by atoms with E-state index in [0.717, 1.165) is 18.6 Å². The van der Waals surface area contributed by atoms with E-state index >= 15 is 0 Å². The van der Waals surface area contributed by atoms with Crippen molar-refractivity contribution in [3.8, 4) is 11.5 Å². The van der Waals surface area contributed by atoms with Crippen molar-refractivity contribution in [1.82, 2.24) is 0 Å². The van der Waals surface area contributed by atoms with Crippen LogP contribution in [0.1, 0.15) is 34.3 Å². The van der Waals surface area contributed by atoms with E-state index in [-0.39, 0.29) is 5.56 Å². The zero-order chi connectivity index (χ0) is 16.7. The monoisotopic (exact) mass is 314 g/mol. The molecule has 0 spiro atoms. The fraction of sp³-hybridized carbons (Fsp3) is 0.316. The molecule has 4 nitrogen and oxygen atoms in total. The van der Waals surface area contributed by atoms with Crippen LogP contribution < -0.4 is 9.47 Å². The molecule has 2 rings (SSSR count). The summed E-state index contributed by atoms with van der Waals surface area (Å²) in [6.45, 7) is 5.19. The highest BCUT2D eigenvalue weighted by Crippen LogP contribution is 2.19. The number of unbranched alkanes of at least 4 members (excludes halogenated alkanes) is 1. The van der Waals surface area contributed by atoms with Gasteiger partial charge in [0, 0.05) is 0 Å². The molecule has 0 unspecified atom stereocenters. The SMILES string of the molecule is Cc1cc(C)cc(OCCCCOc2ccccc2C(=O)O)c1. The average Bonchev–Trinajstić information content (AvgIpc) is 2.50. The molecular formula is C19H22O4. The number of benzene rings is 2. The Bertz CT molecular complexity index is 644. The predicted molar refractivity (Wildman–Crippen MR) is 89.5 cm³/mol. The Labute approximate surface area is 136 Å². The first-order valence-corrected chi connectivity index (χ1v) is 7.72. The molecular weight excluding hydrogens is 292 g/mol. The Kier molecular flexibility index (Phi) is 6.03. The molecule has 0 saturated carbocycles. The van der Waals surface area contributed by atoms with Crippen molar-refractivity contribution < 1.29 is 19.4 Å². The number of carbonyl (C=O) groups is 1. The predicted octanol–water partition coefficient (Wildman–Crippen LogP) is 4.24. The molecule has 0 radical (unpaired) electrons. The van der Waals surface area contributed by atoms with Gasteiger partial charge in [0.1, 0.15) is 17.1 Å². The van der Waals surface area contributed by atoms with Crippen LogP contribution in [-0.2, 0) is 0 Å². The summed E-state index contributed by atoms with van der Waals surface area (Å²) in [4.78, 5) is 11.1. The highest BCUT2D eigenvalue weighted by atomic mass is 16.5. The minimum Gasteiger partial charge on any atom is -0.494 e. The smallest absolute Gasteiger partial charge is 0.339 e. The lowest BCUT2D eigenvalue weighted by molar-refractivity contribution is 0.0692. The van der Waals surface area contributed by atoms with Gasteiger partial charge >= 0.3 is 5.97 Å². The number of aryl methyl sites for hydroxylation is 2. The molecule has 0 bridgehead atoms. The molecule has 23 heavy (non-hydrogen) atoms. The molecule has 0 aliphatic carbocycles. The van der Waals surface area contributed by atoms with Gasteiger partial charge in [0.05, 0.1) is 13.2 Å². The first kappa shape index (κ1) is 16.9. The van der Waals surface area contributed by atoms with Crippen molar-refractivity contribution in [2.45, 2.75) is 26.7 Å². The molecule has 0 fully saturated rings. The third kappa shape index (κ3) is 5.33. The molecule has 4 heteroatoms. The van der Waals surface area contributed by atoms with Crippen LogP contribution in [0.2, 0.25) is 0 Å². The molecule has 1 N–H and O–H groups in total. The molecule has 0 aliphatic heterocycles. The maximum Gasteiger partial charge on any atom is 0.339 e. The summed E-state index contributed by atoms with van der Waals surface area (Å²) in [7, 11) is 0. The molecule has 2 aromatic rings. The molecule has 0 saturated heterocycles. The summed E-state index contributed by atoms with van der Waals surface area (Å²) in [6, 6.07) is 12.8. The second-order valence-corrected chi connectivity index (χ2v) is 5.53. The van der Waals surface area contributed by atoms with Gasteiger partial charge < -0.3 is 14.6 Å². The molecule has 0 atom stereocenters. The number of ether oxygens (including phenoxy) is 2. The van der Waals surface area contributed by atoms with Crippen LogP contribution >= 0.6 is 0 Å². The Morgan fingerprint density at radius 2 is 1.57 bits per heavy atom. The first-order valence-electron chi connectivity index (χ1n) is 7.72. The largest absolute Gasteiger partial charge is 0.494 e. The zero-order valence-electron chi connectivity index (χ0n) is 13.5. The van der Waals surface area contributed by atoms with Gasteiger partial charge in [-0.15, -0.1) is 0 Å². The van der Waals surface area contributed by atoms with Crippen molar-refractivity contribution in [2.24, 2.45) is 0 Å². The lowest BCUT2D eigenvalue weighted by atomic mass is 10.1. The second-order valence-electron chi connectivity index (χ2n) is 5.53. The Hall–Kier alpha value is -2.49. The molecule has 0 aromatic heterocycles. The minimum atomic E-state index is -0.973. The third-order valence-corrected chi connectivity index (χ3v) is 3.38. The number of carboxylic acids is 1. The molecule has 122 valence electrons. The summed E-state index contributed by atoms with van der Waals surface area (Å²) in [5.74, 6) is 0.327. The van der Waals surface area contributed by atoms with E-state index < -0.39 is 5.97 Å². The molecule has 0 heterocycles. The number of rotatable bonds is 8. The topological polar surface area (TPSA) is 55.8 Å². The van der Waals surface area contributed by atoms with Gasteiger partial charge in [0.15, 0.2) is 0 Å². The van der Waals surface area contributed by atoms with Gasteiger partial charge in [0.25, 0.3) is 0 Å². The highest BCUT2D eigenvalue weighted by Gasteiger charge is 2.09. The zero-order valence-corrected chi connectivity index (χ0v) is 13.5. The van der Waals surface area contributed by atoms with E-state index in [1.807, 2.05) is 26.0 Å². The number of para-hydroxylation sites is 1. The maximum absolute atomic E-state index is 11.1. The number of aromatic carboxylic acids is 1. The molecule has 0 amide bonds. The van der Waals surface area contributed by atoms with Crippen molar-refractivity contribution in [2.75, 3.05) is 13.2 Å². The van der Waals surface area contributed by atoms with E-state index in [4.69, 9.17) is 14.6 Å². The van der Waals surface area contributed by atoms with Crippen LogP contribution in [-0.4, -0.2) is 24.3 Å². The van der Waals surface area contributed by atoms with Crippen molar-refractivity contribution in [1.29, 1.82) is 0 Å². The standard InChI is InChI=1S/C19H22O4/c1-14-11-15(2)13-16(12-14)22-9-5-6-10-23-18-8-4-3-7-17(18)19(20)21/h3-4,7-8,11-13H,5-6,9-10H2,1-2H3,(H,20,21). The van der Waals surface area contributed by atoms with E-state index in [1.165, 1.54) is 11.1 Å². The van der Waals surface area contributed by atoms with Crippen LogP contribution in [0.15, 0.2) is 42.5 Å². The van der Waals surface area contributed by atoms with Gasteiger partial charge in [-0.3, -0.25) is 0 Å². The van der Waals surface area contributed by atoms with Crippen molar-refractivity contribution in [3.63, 3.8) is 0 Å². The number of carboxylic acid groups (broad SMARTS) is 1. The van der Waals surface area contributed by atoms with Crippen molar-refractivity contribution in [3.05, 3.63) is 59.2 Å². The Morgan fingerprint density at radius 1 is 0.957 bits per heavy atom. The van der Waals surface area contributed by atoms with Crippen LogP contribution in [0.5, 0.6) is 11.5 Å². The van der Waals surface area contributed by atoms with Gasteiger partial charge in [-0.2, -0.15) is 0 Å². The van der Waals surface area contributed by atoms with Crippen LogP contribution in [0.25, 0.3) is 0 Å². The third-order valence-electron chi connectivity index (χ3n) is 3.38. The van der Waals surface area contributed by atoms with Gasteiger partial charge in [-0.25, -0.2) is 4.79 Å². The van der Waals surface area contributed by atoms with Crippen LogP contribution in [0.4, 0.5) is 0 Å². The van der Waals surface area contributed by atoms with E-state index in [9.17, 15) is 4.79 Å². The minimum absolute atomic E-state index is 0.194. The molecule has 0 aliphatic rings. The summed E-state index contributed by atoms with van der Waals surface area (Å²) < 4.78 is 11.3. The summed E-state index contributed by atoms with van der Waals surface area (Å²) >= 11 is 0. The molecule has 2 aromatic carbocycles. The van der Waals surface area contributed by atoms with E-state index in [1.54, 1.807) is 24.3 Å². The van der Waals surface area contributed by atoms with Crippen LogP contribution in [0.3, 0.4) is 0 Å². The van der Waals surface area contributed by atoms with Crippen LogP contribution in [0, 0.1) is 13.8 Å². The fourth-order valence-electron chi connectivity index (χ4n) is 2.36. The lowest BCUT2D eigenvalue weighted by Crippen LogP contribution is -2.06. The first-order chi connectivity index (χ1) is 11.1. The fourth-order valence-corrected chi connectivity index (χ4v) is 2.36. The average molecular weight is 314 g/mol. The number of hydrogen-bond acceptors (Lipinski definition) is 3. The Morgan fingerprint density at radius 3 is 2.22 bits per heavy atom. The summed E-state index contributed by atoms with van der Waals surface area (Å²) in [5, 5.41) is 9.08. The lowest BCUT2D eigenvalue weighted by Gasteiger charge is -2.10. The van der Waals surface area contributed by atoms with Crippen molar-refractivity contribution >= 4 is 5.97 Å². The van der Waals surface area contributed by atoms with E-state index in [0.29, 0.717) is 19.0 Å². The normalized spacial score (nSPS) is 10.3. The van der Waals surface area contributed by atoms with Gasteiger partial charge in [-0.05, 0) is 62.1 Å². The van der Waals surface area contributed by atoms with E-state index in [2.05, 4.69) is 6.07 Å². The summed E-state index contributed by atoms with van der Waals surface area (Å²) in [5.41, 5.74) is 2.57. The second kappa shape index (κ2) is 8.22. The van der Waals surface area contributed by atoms with Gasteiger partial charge in [0.2, 0.25) is 0 Å². The highest BCUT2D eigenvalue weighted by molar-refractivity contribution is 5.90. The maximum atomic E-state index is 11.1. The number of hydrogen-bond donors (Lipinski definition) is 1. The Balaban J connectivity index is 1.71.